The van der Waals surface area contributed by atoms with Crippen LogP contribution in [0.15, 0.2) is 42.6 Å². The first kappa shape index (κ1) is 24.4. The predicted octanol–water partition coefficient (Wildman–Crippen LogP) is 7.63. The number of rotatable bonds is 17. The normalized spacial score (nSPS) is 11.0. The van der Waals surface area contributed by atoms with Gasteiger partial charge in [0.05, 0.1) is 18.5 Å². The number of aryl methyl sites for hydroxylation is 1. The highest BCUT2D eigenvalue weighted by atomic mass is 16.5. The van der Waals surface area contributed by atoms with Crippen molar-refractivity contribution in [3.63, 3.8) is 0 Å². The molecule has 2 aromatic rings. The van der Waals surface area contributed by atoms with Crippen LogP contribution >= 0.6 is 0 Å². The number of pyridine rings is 1. The van der Waals surface area contributed by atoms with Crippen LogP contribution in [0.1, 0.15) is 83.1 Å². The molecule has 0 aliphatic heterocycles. The van der Waals surface area contributed by atoms with E-state index in [0.717, 1.165) is 37.5 Å². The summed E-state index contributed by atoms with van der Waals surface area (Å²) in [6.07, 6.45) is 17.1. The van der Waals surface area contributed by atoms with Gasteiger partial charge in [0.25, 0.3) is 0 Å². The summed E-state index contributed by atoms with van der Waals surface area (Å²) in [6.45, 7) is 3.88. The van der Waals surface area contributed by atoms with Gasteiger partial charge in [0, 0.05) is 19.3 Å². The second-order valence-corrected chi connectivity index (χ2v) is 8.20. The molecule has 0 saturated heterocycles. The summed E-state index contributed by atoms with van der Waals surface area (Å²) in [4.78, 5) is 4.59. The SMILES string of the molecule is CCCCCCCCCc1ccc(-c2ccc(OCCCCCCOC)cn2)cc1. The van der Waals surface area contributed by atoms with E-state index in [4.69, 9.17) is 9.47 Å². The molecule has 0 spiro atoms. The minimum absolute atomic E-state index is 0.751. The van der Waals surface area contributed by atoms with E-state index in [2.05, 4.69) is 42.2 Å². The van der Waals surface area contributed by atoms with E-state index in [-0.39, 0.29) is 0 Å². The van der Waals surface area contributed by atoms with Crippen molar-refractivity contribution in [2.75, 3.05) is 20.3 Å². The number of methoxy groups -OCH3 is 1. The summed E-state index contributed by atoms with van der Waals surface area (Å²) >= 11 is 0. The van der Waals surface area contributed by atoms with Gasteiger partial charge in [-0.05, 0) is 49.8 Å². The Morgan fingerprint density at radius 2 is 1.37 bits per heavy atom. The van der Waals surface area contributed by atoms with Gasteiger partial charge in [-0.3, -0.25) is 4.98 Å². The Balaban J connectivity index is 1.65. The fraction of sp³-hybridized carbons (Fsp3) is 0.593. The molecule has 1 heterocycles. The van der Waals surface area contributed by atoms with Crippen LogP contribution in [0.2, 0.25) is 0 Å². The summed E-state index contributed by atoms with van der Waals surface area (Å²) in [5.74, 6) is 0.853. The topological polar surface area (TPSA) is 31.4 Å². The second-order valence-electron chi connectivity index (χ2n) is 8.20. The molecule has 0 fully saturated rings. The van der Waals surface area contributed by atoms with Crippen LogP contribution in [0.4, 0.5) is 0 Å². The maximum absolute atomic E-state index is 5.81. The fourth-order valence-corrected chi connectivity index (χ4v) is 3.66. The summed E-state index contributed by atoms with van der Waals surface area (Å²) in [5.41, 5.74) is 3.60. The van der Waals surface area contributed by atoms with Crippen molar-refractivity contribution >= 4 is 0 Å². The third-order valence-electron chi connectivity index (χ3n) is 5.57. The minimum atomic E-state index is 0.751. The maximum Gasteiger partial charge on any atom is 0.137 e. The minimum Gasteiger partial charge on any atom is -0.492 e. The second kappa shape index (κ2) is 15.9. The lowest BCUT2D eigenvalue weighted by atomic mass is 10.0. The third kappa shape index (κ3) is 10.2. The molecule has 0 radical (unpaired) electrons. The first-order valence-electron chi connectivity index (χ1n) is 12.0. The zero-order valence-corrected chi connectivity index (χ0v) is 19.2. The quantitative estimate of drug-likeness (QED) is 0.251. The van der Waals surface area contributed by atoms with Crippen molar-refractivity contribution in [3.05, 3.63) is 48.2 Å². The van der Waals surface area contributed by atoms with Crippen molar-refractivity contribution < 1.29 is 9.47 Å². The highest BCUT2D eigenvalue weighted by Gasteiger charge is 2.02. The van der Waals surface area contributed by atoms with Crippen molar-refractivity contribution in [1.82, 2.24) is 4.98 Å². The standard InChI is InChI=1S/C27H41NO2/c1-3-4-5-6-7-8-11-14-24-15-17-25(18-16-24)27-20-19-26(23-28-27)30-22-13-10-9-12-21-29-2/h15-20,23H,3-14,21-22H2,1-2H3. The molecule has 1 aromatic carbocycles. The maximum atomic E-state index is 5.81. The van der Waals surface area contributed by atoms with E-state index in [1.165, 1.54) is 75.3 Å². The van der Waals surface area contributed by atoms with Crippen molar-refractivity contribution in [2.24, 2.45) is 0 Å². The predicted molar refractivity (Wildman–Crippen MR) is 127 cm³/mol. The average Bonchev–Trinajstić information content (AvgIpc) is 2.79. The molecule has 0 atom stereocenters. The van der Waals surface area contributed by atoms with Gasteiger partial charge in [0.2, 0.25) is 0 Å². The smallest absolute Gasteiger partial charge is 0.137 e. The molecule has 3 heteroatoms. The van der Waals surface area contributed by atoms with Crippen molar-refractivity contribution in [3.8, 4) is 17.0 Å². The first-order chi connectivity index (χ1) is 14.8. The van der Waals surface area contributed by atoms with Crippen LogP contribution in [0, 0.1) is 0 Å². The highest BCUT2D eigenvalue weighted by molar-refractivity contribution is 5.59. The molecule has 0 amide bonds. The average molecular weight is 412 g/mol. The van der Waals surface area contributed by atoms with Gasteiger partial charge in [0.15, 0.2) is 0 Å². The fourth-order valence-electron chi connectivity index (χ4n) is 3.66. The van der Waals surface area contributed by atoms with Crippen molar-refractivity contribution in [2.45, 2.75) is 84.0 Å². The van der Waals surface area contributed by atoms with Gasteiger partial charge >= 0.3 is 0 Å². The Bertz CT molecular complexity index is 592. The molecule has 30 heavy (non-hydrogen) atoms. The molecule has 0 N–H and O–H groups in total. The van der Waals surface area contributed by atoms with E-state index in [1.54, 1.807) is 7.11 Å². The number of ether oxygens (including phenoxy) is 2. The Labute approximate surface area is 184 Å². The van der Waals surface area contributed by atoms with Gasteiger partial charge < -0.3 is 9.47 Å². The lowest BCUT2D eigenvalue weighted by Crippen LogP contribution is -1.98. The molecule has 0 aliphatic carbocycles. The first-order valence-corrected chi connectivity index (χ1v) is 12.0. The van der Waals surface area contributed by atoms with E-state index in [1.807, 2.05) is 12.3 Å². The van der Waals surface area contributed by atoms with E-state index >= 15 is 0 Å². The number of unbranched alkanes of at least 4 members (excludes halogenated alkanes) is 9. The Hall–Kier alpha value is -1.87. The van der Waals surface area contributed by atoms with Crippen molar-refractivity contribution in [1.29, 1.82) is 0 Å². The Morgan fingerprint density at radius 3 is 2.03 bits per heavy atom. The van der Waals surface area contributed by atoms with Gasteiger partial charge in [-0.15, -0.1) is 0 Å². The third-order valence-corrected chi connectivity index (χ3v) is 5.57. The number of aromatic nitrogens is 1. The monoisotopic (exact) mass is 411 g/mol. The molecule has 0 bridgehead atoms. The number of hydrogen-bond acceptors (Lipinski definition) is 3. The Morgan fingerprint density at radius 1 is 0.700 bits per heavy atom. The molecular formula is C27H41NO2. The zero-order chi connectivity index (χ0) is 21.3. The number of nitrogens with zero attached hydrogens (tertiary/aromatic N) is 1. The summed E-state index contributed by atoms with van der Waals surface area (Å²) in [6, 6.07) is 13.0. The largest absolute Gasteiger partial charge is 0.492 e. The zero-order valence-electron chi connectivity index (χ0n) is 19.2. The lowest BCUT2D eigenvalue weighted by molar-refractivity contribution is 0.191. The summed E-state index contributed by atoms with van der Waals surface area (Å²) < 4.78 is 10.9. The van der Waals surface area contributed by atoms with E-state index < -0.39 is 0 Å². The van der Waals surface area contributed by atoms with Crippen LogP contribution < -0.4 is 4.74 Å². The van der Waals surface area contributed by atoms with Crippen LogP contribution in [-0.4, -0.2) is 25.3 Å². The van der Waals surface area contributed by atoms with Gasteiger partial charge in [-0.1, -0.05) is 76.1 Å². The van der Waals surface area contributed by atoms with Crippen LogP contribution in [0.3, 0.4) is 0 Å². The van der Waals surface area contributed by atoms with Gasteiger partial charge in [-0.25, -0.2) is 0 Å². The number of benzene rings is 1. The highest BCUT2D eigenvalue weighted by Crippen LogP contribution is 2.21. The molecule has 3 nitrogen and oxygen atoms in total. The van der Waals surface area contributed by atoms with Crippen LogP contribution in [-0.2, 0) is 11.2 Å². The molecular weight excluding hydrogens is 370 g/mol. The molecule has 1 aromatic heterocycles. The van der Waals surface area contributed by atoms with Gasteiger partial charge in [-0.2, -0.15) is 0 Å². The van der Waals surface area contributed by atoms with E-state index in [0.29, 0.717) is 0 Å². The number of hydrogen-bond donors (Lipinski definition) is 0. The molecule has 2 rings (SSSR count). The lowest BCUT2D eigenvalue weighted by Gasteiger charge is -2.08. The van der Waals surface area contributed by atoms with E-state index in [9.17, 15) is 0 Å². The van der Waals surface area contributed by atoms with Gasteiger partial charge in [0.1, 0.15) is 5.75 Å². The Kier molecular flexibility index (Phi) is 12.9. The summed E-state index contributed by atoms with van der Waals surface area (Å²) in [7, 11) is 1.76. The summed E-state index contributed by atoms with van der Waals surface area (Å²) in [5, 5.41) is 0. The van der Waals surface area contributed by atoms with Crippen LogP contribution in [0.25, 0.3) is 11.3 Å². The molecule has 0 saturated carbocycles. The molecule has 166 valence electrons. The molecule has 0 aliphatic rings. The van der Waals surface area contributed by atoms with Crippen LogP contribution in [0.5, 0.6) is 5.75 Å². The molecule has 0 unspecified atom stereocenters.